The number of allylic oxidation sites excluding steroid dienone is 2. The fourth-order valence-corrected chi connectivity index (χ4v) is 0.859. The van der Waals surface area contributed by atoms with Gasteiger partial charge in [-0.15, -0.1) is 0 Å². The van der Waals surface area contributed by atoms with E-state index in [0.717, 1.165) is 11.1 Å². The molecule has 0 amide bonds. The van der Waals surface area contributed by atoms with E-state index in [1.165, 1.54) is 0 Å². The number of benzene rings is 1. The number of rotatable bonds is 2. The maximum absolute atomic E-state index is 6.94. The van der Waals surface area contributed by atoms with Gasteiger partial charge in [0, 0.05) is 5.57 Å². The summed E-state index contributed by atoms with van der Waals surface area (Å²) in [4.78, 5) is 0. The summed E-state index contributed by atoms with van der Waals surface area (Å²) in [6, 6.07) is 9.65. The molecule has 0 fully saturated rings. The average molecular weight is 143 g/mol. The van der Waals surface area contributed by atoms with Crippen LogP contribution in [0.15, 0.2) is 43.0 Å². The predicted molar refractivity (Wildman–Crippen MR) is 47.8 cm³/mol. The van der Waals surface area contributed by atoms with Crippen molar-refractivity contribution in [2.45, 2.75) is 0 Å². The number of hydrogen-bond acceptors (Lipinski definition) is 1. The second-order valence-electron chi connectivity index (χ2n) is 2.11. The molecule has 1 aromatic carbocycles. The van der Waals surface area contributed by atoms with Crippen molar-refractivity contribution in [2.24, 2.45) is 0 Å². The molecule has 1 N–H and O–H groups in total. The lowest BCUT2D eigenvalue weighted by Gasteiger charge is -1.95. The first-order valence-corrected chi connectivity index (χ1v) is 3.36. The lowest BCUT2D eigenvalue weighted by Crippen LogP contribution is -1.78. The molecule has 1 heteroatoms. The largest absolute Gasteiger partial charge is 0.258 e. The molecule has 11 heavy (non-hydrogen) atoms. The second kappa shape index (κ2) is 3.55. The molecule has 0 aliphatic rings. The van der Waals surface area contributed by atoms with Crippen molar-refractivity contribution >= 4 is 11.4 Å². The van der Waals surface area contributed by atoms with Crippen LogP contribution in [-0.2, 0) is 0 Å². The van der Waals surface area contributed by atoms with Crippen LogP contribution in [0.4, 0.5) is 0 Å². The lowest BCUT2D eigenvalue weighted by atomic mass is 10.1. The van der Waals surface area contributed by atoms with Gasteiger partial charge in [0.05, 0.1) is 0 Å². The monoisotopic (exact) mass is 143 g/mol. The number of nitrogens with one attached hydrogen (secondary N) is 1. The van der Waals surface area contributed by atoms with Gasteiger partial charge in [-0.25, -0.2) is 0 Å². The molecule has 0 aliphatic heterocycles. The van der Waals surface area contributed by atoms with Gasteiger partial charge in [-0.2, -0.15) is 0 Å². The molecule has 1 aromatic rings. The van der Waals surface area contributed by atoms with E-state index in [0.29, 0.717) is 0 Å². The maximum atomic E-state index is 6.94. The van der Waals surface area contributed by atoms with E-state index in [-0.39, 0.29) is 0 Å². The zero-order valence-corrected chi connectivity index (χ0v) is 6.17. The van der Waals surface area contributed by atoms with Crippen LogP contribution in [0.2, 0.25) is 0 Å². The Balaban J connectivity index is 3.11. The topological polar surface area (TPSA) is 23.9 Å². The van der Waals surface area contributed by atoms with Gasteiger partial charge < -0.3 is 0 Å². The van der Waals surface area contributed by atoms with Crippen molar-refractivity contribution in [1.82, 2.24) is 0 Å². The molecule has 0 heterocycles. The van der Waals surface area contributed by atoms with Gasteiger partial charge in [-0.05, 0) is 11.4 Å². The molecule has 1 rings (SSSR count). The molecule has 0 aromatic heterocycles. The Morgan fingerprint density at radius 1 is 1.36 bits per heavy atom. The normalized spacial score (nSPS) is 8.36. The van der Waals surface area contributed by atoms with Crippen LogP contribution in [0.1, 0.15) is 5.56 Å². The Bertz CT molecular complexity index is 292. The lowest BCUT2D eigenvalue weighted by molar-refractivity contribution is 1.58. The van der Waals surface area contributed by atoms with Crippen molar-refractivity contribution in [1.29, 1.82) is 5.41 Å². The third-order valence-corrected chi connectivity index (χ3v) is 1.42. The van der Waals surface area contributed by atoms with E-state index in [1.54, 1.807) is 6.08 Å². The van der Waals surface area contributed by atoms with Crippen LogP contribution in [0.25, 0.3) is 5.57 Å². The number of hydrogen-bond donors (Lipinski definition) is 1. The summed E-state index contributed by atoms with van der Waals surface area (Å²) in [5, 5.41) is 6.94. The molecule has 0 atom stereocenters. The van der Waals surface area contributed by atoms with E-state index in [9.17, 15) is 0 Å². The van der Waals surface area contributed by atoms with E-state index in [1.807, 2.05) is 30.3 Å². The average Bonchev–Trinajstić information content (AvgIpc) is 2.09. The highest BCUT2D eigenvalue weighted by Gasteiger charge is 1.92. The molecule has 0 radical (unpaired) electrons. The highest BCUT2D eigenvalue weighted by atomic mass is 14.3. The minimum atomic E-state index is 0.727. The smallest absolute Gasteiger partial charge is 0.0420 e. The van der Waals surface area contributed by atoms with Gasteiger partial charge in [0.25, 0.3) is 0 Å². The summed E-state index contributed by atoms with van der Waals surface area (Å²) in [5.74, 6) is 2.32. The summed E-state index contributed by atoms with van der Waals surface area (Å²) < 4.78 is 0. The van der Waals surface area contributed by atoms with E-state index in [2.05, 4.69) is 12.4 Å². The summed E-state index contributed by atoms with van der Waals surface area (Å²) in [6.07, 6.45) is 1.63. The fraction of sp³-hybridized carbons (Fsp3) is 0. The summed E-state index contributed by atoms with van der Waals surface area (Å²) in [6.45, 7) is 3.59. The van der Waals surface area contributed by atoms with Crippen LogP contribution < -0.4 is 0 Å². The van der Waals surface area contributed by atoms with Gasteiger partial charge >= 0.3 is 0 Å². The van der Waals surface area contributed by atoms with Crippen LogP contribution in [0.3, 0.4) is 0 Å². The van der Waals surface area contributed by atoms with E-state index >= 15 is 0 Å². The van der Waals surface area contributed by atoms with Gasteiger partial charge in [0.15, 0.2) is 0 Å². The van der Waals surface area contributed by atoms with Crippen molar-refractivity contribution in [3.05, 3.63) is 48.6 Å². The predicted octanol–water partition coefficient (Wildman–Crippen LogP) is 2.50. The van der Waals surface area contributed by atoms with Gasteiger partial charge in [0.1, 0.15) is 0 Å². The van der Waals surface area contributed by atoms with Crippen molar-refractivity contribution in [3.63, 3.8) is 0 Å². The van der Waals surface area contributed by atoms with E-state index in [4.69, 9.17) is 5.41 Å². The van der Waals surface area contributed by atoms with Gasteiger partial charge in [-0.1, -0.05) is 43.0 Å². The van der Waals surface area contributed by atoms with Crippen molar-refractivity contribution in [3.8, 4) is 0 Å². The summed E-state index contributed by atoms with van der Waals surface area (Å²) >= 11 is 0. The van der Waals surface area contributed by atoms with Gasteiger partial charge in [0.2, 0.25) is 0 Å². The Hall–Kier alpha value is -1.59. The summed E-state index contributed by atoms with van der Waals surface area (Å²) in [5.41, 5.74) is 1.71. The van der Waals surface area contributed by atoms with Crippen LogP contribution in [-0.4, -0.2) is 5.87 Å². The maximum Gasteiger partial charge on any atom is 0.0420 e. The molecule has 0 aliphatic carbocycles. The van der Waals surface area contributed by atoms with Crippen LogP contribution in [0, 0.1) is 5.41 Å². The highest BCUT2D eigenvalue weighted by molar-refractivity contribution is 5.93. The van der Waals surface area contributed by atoms with Crippen LogP contribution in [0.5, 0.6) is 0 Å². The SMILES string of the molecule is C=CC(=C=N)c1ccccc1. The molecule has 0 unspecified atom stereocenters. The highest BCUT2D eigenvalue weighted by Crippen LogP contribution is 2.10. The first kappa shape index (κ1) is 7.52. The van der Waals surface area contributed by atoms with Crippen molar-refractivity contribution < 1.29 is 0 Å². The zero-order chi connectivity index (χ0) is 8.10. The molecule has 0 spiro atoms. The Morgan fingerprint density at radius 3 is 2.45 bits per heavy atom. The minimum Gasteiger partial charge on any atom is -0.258 e. The minimum absolute atomic E-state index is 0.727. The molecule has 0 bridgehead atoms. The molecular formula is C10H9N. The molecule has 54 valence electrons. The molecule has 0 saturated heterocycles. The summed E-state index contributed by atoms with van der Waals surface area (Å²) in [7, 11) is 0. The Labute approximate surface area is 66.2 Å². The third-order valence-electron chi connectivity index (χ3n) is 1.42. The zero-order valence-electron chi connectivity index (χ0n) is 6.17. The molecule has 0 saturated carbocycles. The standard InChI is InChI=1S/C10H9N/c1-2-9(8-11)10-6-4-3-5-7-10/h2-7,11H,1H2. The first-order chi connectivity index (χ1) is 5.38. The molecular weight excluding hydrogens is 134 g/mol. The quantitative estimate of drug-likeness (QED) is 0.486. The third kappa shape index (κ3) is 1.66. The Kier molecular flexibility index (Phi) is 2.42. The molecule has 1 nitrogen and oxygen atoms in total. The van der Waals surface area contributed by atoms with Crippen LogP contribution >= 0.6 is 0 Å². The second-order valence-corrected chi connectivity index (χ2v) is 2.11. The first-order valence-electron chi connectivity index (χ1n) is 3.36. The fourth-order valence-electron chi connectivity index (χ4n) is 0.859. The Morgan fingerprint density at radius 2 is 2.00 bits per heavy atom. The van der Waals surface area contributed by atoms with Gasteiger partial charge in [-0.3, -0.25) is 5.41 Å². The van der Waals surface area contributed by atoms with E-state index < -0.39 is 0 Å². The van der Waals surface area contributed by atoms with Crippen molar-refractivity contribution in [2.75, 3.05) is 0 Å².